The molecule has 2 aromatic carbocycles. The van der Waals surface area contributed by atoms with Gasteiger partial charge in [-0.1, -0.05) is 12.1 Å². The summed E-state index contributed by atoms with van der Waals surface area (Å²) >= 11 is 0. The van der Waals surface area contributed by atoms with Gasteiger partial charge >= 0.3 is 0 Å². The molecule has 0 aliphatic rings. The van der Waals surface area contributed by atoms with Crippen LogP contribution in [0.15, 0.2) is 48.5 Å². The van der Waals surface area contributed by atoms with Crippen molar-refractivity contribution in [1.82, 2.24) is 0 Å². The van der Waals surface area contributed by atoms with Gasteiger partial charge in [0.1, 0.15) is 5.75 Å². The van der Waals surface area contributed by atoms with E-state index in [-0.39, 0.29) is 0 Å². The molecule has 0 heterocycles. The molecule has 0 aromatic heterocycles. The van der Waals surface area contributed by atoms with E-state index < -0.39 is 0 Å². The number of anilines is 3. The molecule has 2 aromatic rings. The van der Waals surface area contributed by atoms with E-state index in [1.165, 1.54) is 0 Å². The second-order valence-corrected chi connectivity index (χ2v) is 3.65. The van der Waals surface area contributed by atoms with Crippen LogP contribution in [0.2, 0.25) is 0 Å². The van der Waals surface area contributed by atoms with Crippen LogP contribution in [0.1, 0.15) is 0 Å². The molecule has 0 radical (unpaired) electrons. The summed E-state index contributed by atoms with van der Waals surface area (Å²) in [7, 11) is 3.58. The first-order valence-electron chi connectivity index (χ1n) is 5.51. The Kier molecular flexibility index (Phi) is 3.50. The number of benzene rings is 2. The van der Waals surface area contributed by atoms with Crippen LogP contribution in [-0.2, 0) is 0 Å². The number of hydrogen-bond donors (Lipinski definition) is 2. The lowest BCUT2D eigenvalue weighted by Gasteiger charge is -2.11. The number of methoxy groups -OCH3 is 1. The van der Waals surface area contributed by atoms with Crippen molar-refractivity contribution in [1.29, 1.82) is 0 Å². The molecule has 0 aliphatic carbocycles. The number of hydrogen-bond acceptors (Lipinski definition) is 3. The summed E-state index contributed by atoms with van der Waals surface area (Å²) in [6, 6.07) is 15.9. The van der Waals surface area contributed by atoms with Gasteiger partial charge < -0.3 is 15.4 Å². The van der Waals surface area contributed by atoms with Crippen LogP contribution in [0.4, 0.5) is 17.1 Å². The minimum Gasteiger partial charge on any atom is -0.497 e. The van der Waals surface area contributed by atoms with E-state index >= 15 is 0 Å². The van der Waals surface area contributed by atoms with Gasteiger partial charge in [0.05, 0.1) is 18.5 Å². The number of nitrogens with one attached hydrogen (secondary N) is 2. The van der Waals surface area contributed by atoms with Crippen molar-refractivity contribution in [3.05, 3.63) is 48.5 Å². The molecule has 0 atom stereocenters. The fourth-order valence-corrected chi connectivity index (χ4v) is 1.64. The van der Waals surface area contributed by atoms with E-state index in [9.17, 15) is 0 Å². The van der Waals surface area contributed by atoms with Crippen LogP contribution in [0.25, 0.3) is 0 Å². The lowest BCUT2D eigenvalue weighted by molar-refractivity contribution is 0.415. The summed E-state index contributed by atoms with van der Waals surface area (Å²) in [6.45, 7) is 0. The maximum absolute atomic E-state index is 5.12. The highest BCUT2D eigenvalue weighted by Crippen LogP contribution is 2.25. The Labute approximate surface area is 101 Å². The van der Waals surface area contributed by atoms with E-state index in [1.807, 2.05) is 55.6 Å². The molecule has 0 amide bonds. The Morgan fingerprint density at radius 2 is 1.53 bits per heavy atom. The molecule has 0 unspecified atom stereocenters. The average Bonchev–Trinajstić information content (AvgIpc) is 2.40. The maximum atomic E-state index is 5.12. The molecule has 3 nitrogen and oxygen atoms in total. The SMILES string of the molecule is CNc1ccccc1Nc1ccc(OC)cc1. The first kappa shape index (κ1) is 11.3. The molecule has 17 heavy (non-hydrogen) atoms. The molecular weight excluding hydrogens is 212 g/mol. The first-order valence-corrected chi connectivity index (χ1v) is 5.51. The van der Waals surface area contributed by atoms with Crippen molar-refractivity contribution >= 4 is 17.1 Å². The first-order chi connectivity index (χ1) is 8.33. The van der Waals surface area contributed by atoms with Gasteiger partial charge in [-0.15, -0.1) is 0 Å². The van der Waals surface area contributed by atoms with Gasteiger partial charge in [0, 0.05) is 12.7 Å². The van der Waals surface area contributed by atoms with E-state index in [0.29, 0.717) is 0 Å². The normalized spacial score (nSPS) is 9.76. The van der Waals surface area contributed by atoms with Crippen LogP contribution in [0.3, 0.4) is 0 Å². The Balaban J connectivity index is 2.19. The lowest BCUT2D eigenvalue weighted by Crippen LogP contribution is -1.96. The molecule has 88 valence electrons. The van der Waals surface area contributed by atoms with Gasteiger partial charge in [0.2, 0.25) is 0 Å². The van der Waals surface area contributed by atoms with Gasteiger partial charge in [-0.05, 0) is 36.4 Å². The molecule has 2 rings (SSSR count). The van der Waals surface area contributed by atoms with E-state index in [0.717, 1.165) is 22.8 Å². The quantitative estimate of drug-likeness (QED) is 0.840. The molecule has 0 bridgehead atoms. The topological polar surface area (TPSA) is 33.3 Å². The van der Waals surface area contributed by atoms with Gasteiger partial charge in [0.15, 0.2) is 0 Å². The van der Waals surface area contributed by atoms with E-state index in [2.05, 4.69) is 10.6 Å². The monoisotopic (exact) mass is 228 g/mol. The van der Waals surface area contributed by atoms with Crippen molar-refractivity contribution in [2.24, 2.45) is 0 Å². The summed E-state index contributed by atoms with van der Waals surface area (Å²) in [6.07, 6.45) is 0. The molecule has 0 saturated carbocycles. The highest BCUT2D eigenvalue weighted by Gasteiger charge is 2.00. The number of rotatable bonds is 4. The predicted molar refractivity (Wildman–Crippen MR) is 72.3 cm³/mol. The third kappa shape index (κ3) is 2.69. The highest BCUT2D eigenvalue weighted by molar-refractivity contribution is 5.74. The van der Waals surface area contributed by atoms with Gasteiger partial charge in [-0.2, -0.15) is 0 Å². The van der Waals surface area contributed by atoms with Crippen molar-refractivity contribution < 1.29 is 4.74 Å². The number of para-hydroxylation sites is 2. The van der Waals surface area contributed by atoms with Crippen LogP contribution < -0.4 is 15.4 Å². The minimum atomic E-state index is 0.859. The van der Waals surface area contributed by atoms with Crippen molar-refractivity contribution in [2.75, 3.05) is 24.8 Å². The van der Waals surface area contributed by atoms with Crippen LogP contribution in [0.5, 0.6) is 5.75 Å². The fourth-order valence-electron chi connectivity index (χ4n) is 1.64. The molecule has 0 saturated heterocycles. The van der Waals surface area contributed by atoms with E-state index in [4.69, 9.17) is 4.74 Å². The average molecular weight is 228 g/mol. The Morgan fingerprint density at radius 1 is 0.882 bits per heavy atom. The zero-order valence-electron chi connectivity index (χ0n) is 10.0. The zero-order chi connectivity index (χ0) is 12.1. The highest BCUT2D eigenvalue weighted by atomic mass is 16.5. The van der Waals surface area contributed by atoms with Crippen LogP contribution in [-0.4, -0.2) is 14.2 Å². The summed E-state index contributed by atoms with van der Waals surface area (Å²) in [5, 5.41) is 6.51. The third-order valence-corrected chi connectivity index (χ3v) is 2.57. The lowest BCUT2D eigenvalue weighted by atomic mass is 10.2. The van der Waals surface area contributed by atoms with Gasteiger partial charge in [0.25, 0.3) is 0 Å². The fraction of sp³-hybridized carbons (Fsp3) is 0.143. The van der Waals surface area contributed by atoms with Gasteiger partial charge in [-0.3, -0.25) is 0 Å². The van der Waals surface area contributed by atoms with Crippen molar-refractivity contribution in [3.63, 3.8) is 0 Å². The molecule has 3 heteroatoms. The summed E-state index contributed by atoms with van der Waals surface area (Å²) < 4.78 is 5.12. The minimum absolute atomic E-state index is 0.859. The predicted octanol–water partition coefficient (Wildman–Crippen LogP) is 3.48. The Morgan fingerprint density at radius 3 is 2.12 bits per heavy atom. The summed E-state index contributed by atoms with van der Waals surface area (Å²) in [4.78, 5) is 0. The van der Waals surface area contributed by atoms with Crippen LogP contribution >= 0.6 is 0 Å². The van der Waals surface area contributed by atoms with Crippen molar-refractivity contribution in [2.45, 2.75) is 0 Å². The van der Waals surface area contributed by atoms with Crippen LogP contribution in [0, 0.1) is 0 Å². The summed E-state index contributed by atoms with van der Waals surface area (Å²) in [5.41, 5.74) is 3.16. The standard InChI is InChI=1S/C14H16N2O/c1-15-13-5-3-4-6-14(13)16-11-7-9-12(17-2)10-8-11/h3-10,15-16H,1-2H3. The zero-order valence-corrected chi connectivity index (χ0v) is 10.0. The van der Waals surface area contributed by atoms with Gasteiger partial charge in [-0.25, -0.2) is 0 Å². The summed E-state index contributed by atoms with van der Waals surface area (Å²) in [5.74, 6) is 0.859. The second-order valence-electron chi connectivity index (χ2n) is 3.65. The number of ether oxygens (including phenoxy) is 1. The van der Waals surface area contributed by atoms with E-state index in [1.54, 1.807) is 7.11 Å². The molecule has 0 aliphatic heterocycles. The molecule has 0 spiro atoms. The molecular formula is C14H16N2O. The third-order valence-electron chi connectivity index (χ3n) is 2.57. The smallest absolute Gasteiger partial charge is 0.119 e. The largest absolute Gasteiger partial charge is 0.497 e. The second kappa shape index (κ2) is 5.25. The maximum Gasteiger partial charge on any atom is 0.119 e. The van der Waals surface area contributed by atoms with Crippen molar-refractivity contribution in [3.8, 4) is 5.75 Å². The molecule has 2 N–H and O–H groups in total. The Bertz CT molecular complexity index is 480. The molecule has 0 fully saturated rings. The Hall–Kier alpha value is -2.16.